The average molecular weight is 156 g/mol. The maximum Gasteiger partial charge on any atom is 0.0653 e. The molecule has 0 saturated heterocycles. The van der Waals surface area contributed by atoms with Gasteiger partial charge in [0.1, 0.15) is 0 Å². The van der Waals surface area contributed by atoms with Gasteiger partial charge in [0.05, 0.1) is 5.60 Å². The van der Waals surface area contributed by atoms with E-state index in [0.717, 1.165) is 31.1 Å². The highest BCUT2D eigenvalue weighted by molar-refractivity contribution is 4.91. The van der Waals surface area contributed by atoms with E-state index >= 15 is 0 Å². The highest BCUT2D eigenvalue weighted by Gasteiger charge is 2.39. The molecule has 1 aliphatic carbocycles. The average Bonchev–Trinajstić information content (AvgIpc) is 1.81. The number of rotatable bonds is 3. The Labute approximate surface area is 69.8 Å². The summed E-state index contributed by atoms with van der Waals surface area (Å²) in [6, 6.07) is 0. The normalized spacial score (nSPS) is 37.4. The minimum atomic E-state index is -0.274. The van der Waals surface area contributed by atoms with Gasteiger partial charge in [0.25, 0.3) is 0 Å². The van der Waals surface area contributed by atoms with Crippen molar-refractivity contribution in [1.82, 2.24) is 0 Å². The summed E-state index contributed by atoms with van der Waals surface area (Å²) in [5, 5.41) is 9.83. The third kappa shape index (κ3) is 2.48. The lowest BCUT2D eigenvalue weighted by atomic mass is 9.69. The second kappa shape index (κ2) is 3.14. The lowest BCUT2D eigenvalue weighted by molar-refractivity contribution is -0.0766. The first-order valence-electron chi connectivity index (χ1n) is 4.74. The van der Waals surface area contributed by atoms with Crippen molar-refractivity contribution in [2.24, 2.45) is 11.8 Å². The van der Waals surface area contributed by atoms with E-state index in [1.807, 2.05) is 0 Å². The monoisotopic (exact) mass is 156 g/mol. The summed E-state index contributed by atoms with van der Waals surface area (Å²) in [6.45, 7) is 6.64. The third-order valence-electron chi connectivity index (χ3n) is 2.64. The van der Waals surface area contributed by atoms with Gasteiger partial charge in [-0.1, -0.05) is 20.8 Å². The van der Waals surface area contributed by atoms with Crippen LogP contribution in [-0.2, 0) is 0 Å². The Morgan fingerprint density at radius 1 is 1.45 bits per heavy atom. The van der Waals surface area contributed by atoms with E-state index in [1.54, 1.807) is 0 Å². The molecule has 1 nitrogen and oxygen atoms in total. The largest absolute Gasteiger partial charge is 0.390 e. The second-order valence-electron chi connectivity index (χ2n) is 4.67. The maximum absolute atomic E-state index is 9.83. The molecule has 0 aromatic rings. The Hall–Kier alpha value is -0.0400. The van der Waals surface area contributed by atoms with Gasteiger partial charge in [-0.2, -0.15) is 0 Å². The fourth-order valence-electron chi connectivity index (χ4n) is 2.00. The molecule has 0 heterocycles. The first-order chi connectivity index (χ1) is 5.02. The van der Waals surface area contributed by atoms with E-state index in [-0.39, 0.29) is 5.60 Å². The fourth-order valence-corrected chi connectivity index (χ4v) is 2.00. The molecule has 0 amide bonds. The first-order valence-corrected chi connectivity index (χ1v) is 4.74. The van der Waals surface area contributed by atoms with Crippen molar-refractivity contribution in [3.8, 4) is 0 Å². The smallest absolute Gasteiger partial charge is 0.0653 e. The molecule has 1 fully saturated rings. The molecule has 11 heavy (non-hydrogen) atoms. The van der Waals surface area contributed by atoms with Crippen molar-refractivity contribution in [2.75, 3.05) is 0 Å². The molecule has 0 aromatic carbocycles. The van der Waals surface area contributed by atoms with E-state index < -0.39 is 0 Å². The summed E-state index contributed by atoms with van der Waals surface area (Å²) in [7, 11) is 0. The summed E-state index contributed by atoms with van der Waals surface area (Å²) in [5.74, 6) is 1.49. The summed E-state index contributed by atoms with van der Waals surface area (Å²) in [5.41, 5.74) is -0.274. The van der Waals surface area contributed by atoms with Crippen LogP contribution in [0.5, 0.6) is 0 Å². The minimum absolute atomic E-state index is 0.274. The molecule has 1 saturated carbocycles. The summed E-state index contributed by atoms with van der Waals surface area (Å²) in [6.07, 6.45) is 4.23. The first kappa shape index (κ1) is 9.05. The second-order valence-corrected chi connectivity index (χ2v) is 4.67. The van der Waals surface area contributed by atoms with Gasteiger partial charge in [-0.3, -0.25) is 0 Å². The molecular formula is C10H20O. The van der Waals surface area contributed by atoms with E-state index in [9.17, 15) is 5.11 Å². The van der Waals surface area contributed by atoms with Crippen molar-refractivity contribution in [2.45, 2.75) is 52.1 Å². The van der Waals surface area contributed by atoms with Crippen LogP contribution < -0.4 is 0 Å². The molecule has 1 heteroatoms. The Morgan fingerprint density at radius 3 is 2.36 bits per heavy atom. The zero-order valence-corrected chi connectivity index (χ0v) is 7.93. The minimum Gasteiger partial charge on any atom is -0.390 e. The van der Waals surface area contributed by atoms with Crippen LogP contribution in [0.2, 0.25) is 0 Å². The lowest BCUT2D eigenvalue weighted by Crippen LogP contribution is -2.42. The topological polar surface area (TPSA) is 20.2 Å². The molecular weight excluding hydrogens is 136 g/mol. The Balaban J connectivity index is 2.16. The summed E-state index contributed by atoms with van der Waals surface area (Å²) >= 11 is 0. The molecule has 0 aromatic heterocycles. The molecule has 0 atom stereocenters. The Bertz CT molecular complexity index is 123. The highest BCUT2D eigenvalue weighted by Crippen LogP contribution is 2.41. The Kier molecular flexibility index (Phi) is 2.58. The molecule has 1 aliphatic rings. The van der Waals surface area contributed by atoms with Gasteiger partial charge in [0, 0.05) is 0 Å². The fraction of sp³-hybridized carbons (Fsp3) is 1.00. The van der Waals surface area contributed by atoms with Crippen LogP contribution in [0.25, 0.3) is 0 Å². The van der Waals surface area contributed by atoms with Gasteiger partial charge in [0.15, 0.2) is 0 Å². The molecule has 1 rings (SSSR count). The van der Waals surface area contributed by atoms with E-state index in [2.05, 4.69) is 20.8 Å². The van der Waals surface area contributed by atoms with Crippen LogP contribution in [-0.4, -0.2) is 10.7 Å². The quantitative estimate of drug-likeness (QED) is 0.666. The zero-order valence-electron chi connectivity index (χ0n) is 7.93. The van der Waals surface area contributed by atoms with Crippen molar-refractivity contribution in [3.63, 3.8) is 0 Å². The van der Waals surface area contributed by atoms with Crippen LogP contribution in [0, 0.1) is 11.8 Å². The van der Waals surface area contributed by atoms with Crippen molar-refractivity contribution in [3.05, 3.63) is 0 Å². The van der Waals surface area contributed by atoms with Crippen LogP contribution in [0.1, 0.15) is 46.5 Å². The number of hydrogen-bond acceptors (Lipinski definition) is 1. The molecule has 0 aliphatic heterocycles. The summed E-state index contributed by atoms with van der Waals surface area (Å²) in [4.78, 5) is 0. The van der Waals surface area contributed by atoms with Crippen molar-refractivity contribution in [1.29, 1.82) is 0 Å². The molecule has 0 spiro atoms. The van der Waals surface area contributed by atoms with Gasteiger partial charge in [0.2, 0.25) is 0 Å². The van der Waals surface area contributed by atoms with E-state index in [0.29, 0.717) is 0 Å². The molecule has 1 N–H and O–H groups in total. The van der Waals surface area contributed by atoms with Gasteiger partial charge in [-0.15, -0.1) is 0 Å². The SMILES string of the molecule is CC(C)CCC1(O)CC(C)C1. The molecule has 0 radical (unpaired) electrons. The van der Waals surface area contributed by atoms with Crippen LogP contribution in [0.4, 0.5) is 0 Å². The molecule has 66 valence electrons. The van der Waals surface area contributed by atoms with Gasteiger partial charge >= 0.3 is 0 Å². The van der Waals surface area contributed by atoms with Crippen LogP contribution in [0.15, 0.2) is 0 Å². The van der Waals surface area contributed by atoms with Gasteiger partial charge in [-0.25, -0.2) is 0 Å². The van der Waals surface area contributed by atoms with Gasteiger partial charge in [-0.05, 0) is 37.5 Å². The Morgan fingerprint density at radius 2 is 2.00 bits per heavy atom. The van der Waals surface area contributed by atoms with Gasteiger partial charge < -0.3 is 5.11 Å². The summed E-state index contributed by atoms with van der Waals surface area (Å²) < 4.78 is 0. The van der Waals surface area contributed by atoms with E-state index in [4.69, 9.17) is 0 Å². The lowest BCUT2D eigenvalue weighted by Gasteiger charge is -2.42. The number of hydrogen-bond donors (Lipinski definition) is 1. The third-order valence-corrected chi connectivity index (χ3v) is 2.64. The maximum atomic E-state index is 9.83. The standard InChI is InChI=1S/C10H20O/c1-8(2)4-5-10(11)6-9(3)7-10/h8-9,11H,4-7H2,1-3H3. The predicted octanol–water partition coefficient (Wildman–Crippen LogP) is 2.58. The zero-order chi connectivity index (χ0) is 8.48. The van der Waals surface area contributed by atoms with Crippen LogP contribution >= 0.6 is 0 Å². The van der Waals surface area contributed by atoms with Crippen LogP contribution in [0.3, 0.4) is 0 Å². The predicted molar refractivity (Wildman–Crippen MR) is 47.4 cm³/mol. The number of aliphatic hydroxyl groups is 1. The van der Waals surface area contributed by atoms with E-state index in [1.165, 1.54) is 6.42 Å². The molecule has 0 bridgehead atoms. The highest BCUT2D eigenvalue weighted by atomic mass is 16.3. The van der Waals surface area contributed by atoms with Crippen molar-refractivity contribution >= 4 is 0 Å². The molecule has 0 unspecified atom stereocenters. The van der Waals surface area contributed by atoms with Crippen molar-refractivity contribution < 1.29 is 5.11 Å².